The molecule has 6 heteroatoms. The lowest BCUT2D eigenvalue weighted by Gasteiger charge is -2.25. The fourth-order valence-electron chi connectivity index (χ4n) is 3.38. The van der Waals surface area contributed by atoms with Crippen LogP contribution in [0.3, 0.4) is 0 Å². The molecule has 3 rings (SSSR count). The molecule has 0 aliphatic carbocycles. The van der Waals surface area contributed by atoms with E-state index < -0.39 is 10.0 Å². The van der Waals surface area contributed by atoms with E-state index in [1.807, 2.05) is 69.3 Å². The van der Waals surface area contributed by atoms with Gasteiger partial charge in [0.2, 0.25) is 15.9 Å². The Morgan fingerprint density at radius 1 is 0.844 bits per heavy atom. The van der Waals surface area contributed by atoms with E-state index in [0.29, 0.717) is 6.42 Å². The van der Waals surface area contributed by atoms with Crippen molar-refractivity contribution in [2.45, 2.75) is 32.1 Å². The van der Waals surface area contributed by atoms with Crippen molar-refractivity contribution in [3.05, 3.63) is 95.1 Å². The average molecular weight is 451 g/mol. The molecule has 0 saturated carbocycles. The van der Waals surface area contributed by atoms with Crippen LogP contribution in [0, 0.1) is 20.8 Å². The standard InChI is InChI=1S/C26H30N2O3S/c1-20-10-14-25(15-11-20)32(30,31)28(17-16-23-8-6-5-7-9-23)19-26(29)27(4)24-13-12-21(2)22(3)18-24/h5-15,18H,16-17,19H2,1-4H3. The number of hydrogen-bond acceptors (Lipinski definition) is 3. The predicted octanol–water partition coefficient (Wildman–Crippen LogP) is 4.51. The van der Waals surface area contributed by atoms with Gasteiger partial charge in [-0.15, -0.1) is 0 Å². The number of hydrogen-bond donors (Lipinski definition) is 0. The van der Waals surface area contributed by atoms with Crippen LogP contribution in [-0.2, 0) is 21.2 Å². The molecule has 0 atom stereocenters. The molecule has 0 unspecified atom stereocenters. The highest BCUT2D eigenvalue weighted by Crippen LogP contribution is 2.20. The first kappa shape index (κ1) is 23.7. The second-order valence-electron chi connectivity index (χ2n) is 8.11. The maximum Gasteiger partial charge on any atom is 0.243 e. The Morgan fingerprint density at radius 2 is 1.50 bits per heavy atom. The summed E-state index contributed by atoms with van der Waals surface area (Å²) in [7, 11) is -2.15. The van der Waals surface area contributed by atoms with Crippen LogP contribution in [0.15, 0.2) is 77.7 Å². The van der Waals surface area contributed by atoms with Crippen molar-refractivity contribution in [1.29, 1.82) is 0 Å². The molecule has 168 valence electrons. The van der Waals surface area contributed by atoms with Crippen LogP contribution >= 0.6 is 0 Å². The monoisotopic (exact) mass is 450 g/mol. The largest absolute Gasteiger partial charge is 0.314 e. The van der Waals surface area contributed by atoms with Gasteiger partial charge >= 0.3 is 0 Å². The van der Waals surface area contributed by atoms with Gasteiger partial charge in [0.1, 0.15) is 0 Å². The molecular formula is C26H30N2O3S. The van der Waals surface area contributed by atoms with E-state index in [-0.39, 0.29) is 23.9 Å². The third-order valence-corrected chi connectivity index (χ3v) is 7.57. The van der Waals surface area contributed by atoms with Gasteiger partial charge in [-0.3, -0.25) is 4.79 Å². The Kier molecular flexibility index (Phi) is 7.48. The van der Waals surface area contributed by atoms with Gasteiger partial charge in [-0.05, 0) is 68.1 Å². The number of nitrogens with zero attached hydrogens (tertiary/aromatic N) is 2. The van der Waals surface area contributed by atoms with Crippen LogP contribution in [0.4, 0.5) is 5.69 Å². The first-order valence-corrected chi connectivity index (χ1v) is 12.1. The summed E-state index contributed by atoms with van der Waals surface area (Å²) in [6.45, 7) is 5.90. The number of sulfonamides is 1. The zero-order chi connectivity index (χ0) is 23.3. The Morgan fingerprint density at radius 3 is 2.12 bits per heavy atom. The summed E-state index contributed by atoms with van der Waals surface area (Å²) in [5, 5.41) is 0. The third-order valence-electron chi connectivity index (χ3n) is 5.71. The zero-order valence-electron chi connectivity index (χ0n) is 19.1. The maximum absolute atomic E-state index is 13.4. The molecule has 0 saturated heterocycles. The molecule has 0 fully saturated rings. The number of carbonyl (C=O) groups excluding carboxylic acids is 1. The SMILES string of the molecule is Cc1ccc(S(=O)(=O)N(CCc2ccccc2)CC(=O)N(C)c2ccc(C)c(C)c2)cc1. The van der Waals surface area contributed by atoms with E-state index in [1.165, 1.54) is 9.21 Å². The Balaban J connectivity index is 1.86. The second kappa shape index (κ2) is 10.1. The van der Waals surface area contributed by atoms with Crippen molar-refractivity contribution >= 4 is 21.6 Å². The number of benzene rings is 3. The zero-order valence-corrected chi connectivity index (χ0v) is 19.9. The van der Waals surface area contributed by atoms with Crippen LogP contribution in [0.1, 0.15) is 22.3 Å². The lowest BCUT2D eigenvalue weighted by molar-refractivity contribution is -0.118. The first-order chi connectivity index (χ1) is 15.2. The molecule has 0 spiro atoms. The fraction of sp³-hybridized carbons (Fsp3) is 0.269. The molecule has 0 N–H and O–H groups in total. The molecule has 32 heavy (non-hydrogen) atoms. The average Bonchev–Trinajstić information content (AvgIpc) is 2.78. The van der Waals surface area contributed by atoms with E-state index in [0.717, 1.165) is 27.9 Å². The number of likely N-dealkylation sites (N-methyl/N-ethyl adjacent to an activating group) is 1. The number of aryl methyl sites for hydroxylation is 3. The Bertz CT molecular complexity index is 1170. The number of anilines is 1. The summed E-state index contributed by atoms with van der Waals surface area (Å²) in [4.78, 5) is 14.8. The van der Waals surface area contributed by atoms with Crippen LogP contribution in [0.5, 0.6) is 0 Å². The van der Waals surface area contributed by atoms with Crippen molar-refractivity contribution in [1.82, 2.24) is 4.31 Å². The third kappa shape index (κ3) is 5.64. The van der Waals surface area contributed by atoms with Crippen molar-refractivity contribution in [3.63, 3.8) is 0 Å². The van der Waals surface area contributed by atoms with Crippen molar-refractivity contribution in [2.75, 3.05) is 25.0 Å². The van der Waals surface area contributed by atoms with Crippen LogP contribution in [0.2, 0.25) is 0 Å². The molecule has 0 aliphatic heterocycles. The molecule has 0 aliphatic rings. The molecule has 0 radical (unpaired) electrons. The second-order valence-corrected chi connectivity index (χ2v) is 10.0. The highest BCUT2D eigenvalue weighted by molar-refractivity contribution is 7.89. The normalized spacial score (nSPS) is 11.5. The minimum Gasteiger partial charge on any atom is -0.314 e. The lowest BCUT2D eigenvalue weighted by Crippen LogP contribution is -2.42. The molecule has 0 heterocycles. The molecule has 3 aromatic rings. The summed E-state index contributed by atoms with van der Waals surface area (Å²) >= 11 is 0. The smallest absolute Gasteiger partial charge is 0.243 e. The topological polar surface area (TPSA) is 57.7 Å². The quantitative estimate of drug-likeness (QED) is 0.507. The van der Waals surface area contributed by atoms with E-state index in [4.69, 9.17) is 0 Å². The molecule has 1 amide bonds. The van der Waals surface area contributed by atoms with Gasteiger partial charge in [-0.1, -0.05) is 54.1 Å². The summed E-state index contributed by atoms with van der Waals surface area (Å²) in [6.07, 6.45) is 0.520. The Labute approximate surface area is 191 Å². The van der Waals surface area contributed by atoms with Gasteiger partial charge in [0, 0.05) is 19.3 Å². The highest BCUT2D eigenvalue weighted by Gasteiger charge is 2.28. The molecule has 3 aromatic carbocycles. The fourth-order valence-corrected chi connectivity index (χ4v) is 4.77. The van der Waals surface area contributed by atoms with Gasteiger partial charge in [0.15, 0.2) is 0 Å². The van der Waals surface area contributed by atoms with Crippen molar-refractivity contribution in [2.24, 2.45) is 0 Å². The van der Waals surface area contributed by atoms with Crippen LogP contribution in [-0.4, -0.2) is 38.8 Å². The number of carbonyl (C=O) groups is 1. The first-order valence-electron chi connectivity index (χ1n) is 10.6. The molecule has 0 aromatic heterocycles. The van der Waals surface area contributed by atoms with Gasteiger partial charge < -0.3 is 4.90 Å². The predicted molar refractivity (Wildman–Crippen MR) is 129 cm³/mol. The van der Waals surface area contributed by atoms with Gasteiger partial charge in [0.25, 0.3) is 0 Å². The molecule has 0 bridgehead atoms. The number of rotatable bonds is 8. The summed E-state index contributed by atoms with van der Waals surface area (Å²) in [5.41, 5.74) is 4.96. The minimum atomic E-state index is -3.83. The van der Waals surface area contributed by atoms with Gasteiger partial charge in [-0.2, -0.15) is 4.31 Å². The highest BCUT2D eigenvalue weighted by atomic mass is 32.2. The van der Waals surface area contributed by atoms with Crippen molar-refractivity contribution in [3.8, 4) is 0 Å². The van der Waals surface area contributed by atoms with Crippen LogP contribution < -0.4 is 4.90 Å². The lowest BCUT2D eigenvalue weighted by atomic mass is 10.1. The summed E-state index contributed by atoms with van der Waals surface area (Å²) in [5.74, 6) is -0.281. The Hall–Kier alpha value is -2.96. The minimum absolute atomic E-state index is 0.192. The van der Waals surface area contributed by atoms with E-state index >= 15 is 0 Å². The maximum atomic E-state index is 13.4. The van der Waals surface area contributed by atoms with Crippen molar-refractivity contribution < 1.29 is 13.2 Å². The van der Waals surface area contributed by atoms with Crippen LogP contribution in [0.25, 0.3) is 0 Å². The molecule has 5 nitrogen and oxygen atoms in total. The van der Waals surface area contributed by atoms with Gasteiger partial charge in [-0.25, -0.2) is 8.42 Å². The summed E-state index contributed by atoms with van der Waals surface area (Å²) < 4.78 is 28.1. The van der Waals surface area contributed by atoms with E-state index in [9.17, 15) is 13.2 Å². The van der Waals surface area contributed by atoms with Gasteiger partial charge in [0.05, 0.1) is 11.4 Å². The number of amides is 1. The van der Waals surface area contributed by atoms with E-state index in [2.05, 4.69) is 0 Å². The van der Waals surface area contributed by atoms with E-state index in [1.54, 1.807) is 31.3 Å². The summed E-state index contributed by atoms with van der Waals surface area (Å²) in [6, 6.07) is 22.2. The molecular weight excluding hydrogens is 420 g/mol.